The standard InChI is InChI=1S/C11H17N5O/c1-11(2)10(17)14-5-6-16(11)8-3-4-13-9(7-8)15-12/h3-4,7H,5-6,12H2,1-2H3,(H,13,15)(H,14,17). The monoisotopic (exact) mass is 235 g/mol. The number of hydrogen-bond donors (Lipinski definition) is 3. The molecule has 1 fully saturated rings. The molecule has 0 aromatic carbocycles. The summed E-state index contributed by atoms with van der Waals surface area (Å²) in [5.41, 5.74) is 2.88. The Kier molecular flexibility index (Phi) is 2.89. The zero-order chi connectivity index (χ0) is 12.5. The zero-order valence-corrected chi connectivity index (χ0v) is 10.0. The van der Waals surface area contributed by atoms with Gasteiger partial charge in [0.2, 0.25) is 5.91 Å². The van der Waals surface area contributed by atoms with Gasteiger partial charge in [-0.25, -0.2) is 10.8 Å². The highest BCUT2D eigenvalue weighted by molar-refractivity contribution is 5.90. The van der Waals surface area contributed by atoms with Crippen molar-refractivity contribution in [3.63, 3.8) is 0 Å². The topological polar surface area (TPSA) is 83.3 Å². The molecule has 0 bridgehead atoms. The Morgan fingerprint density at radius 3 is 3.06 bits per heavy atom. The minimum absolute atomic E-state index is 0.0304. The number of pyridine rings is 1. The number of anilines is 2. The summed E-state index contributed by atoms with van der Waals surface area (Å²) < 4.78 is 0. The molecule has 2 rings (SSSR count). The lowest BCUT2D eigenvalue weighted by Crippen LogP contribution is -2.62. The first-order valence-electron chi connectivity index (χ1n) is 5.54. The Labute approximate surface area is 100 Å². The van der Waals surface area contributed by atoms with Gasteiger partial charge in [-0.2, -0.15) is 0 Å². The number of hydrogen-bond acceptors (Lipinski definition) is 5. The molecule has 1 amide bonds. The Morgan fingerprint density at radius 2 is 2.35 bits per heavy atom. The van der Waals surface area contributed by atoms with E-state index in [-0.39, 0.29) is 5.91 Å². The predicted octanol–water partition coefficient (Wildman–Crippen LogP) is 0.0820. The van der Waals surface area contributed by atoms with Gasteiger partial charge in [-0.05, 0) is 19.9 Å². The van der Waals surface area contributed by atoms with E-state index in [1.165, 1.54) is 0 Å². The Morgan fingerprint density at radius 1 is 1.59 bits per heavy atom. The molecular weight excluding hydrogens is 218 g/mol. The summed E-state index contributed by atoms with van der Waals surface area (Å²) in [7, 11) is 0. The lowest BCUT2D eigenvalue weighted by molar-refractivity contribution is -0.126. The predicted molar refractivity (Wildman–Crippen MR) is 66.5 cm³/mol. The molecule has 4 N–H and O–H groups in total. The number of carbonyl (C=O) groups is 1. The lowest BCUT2D eigenvalue weighted by Gasteiger charge is -2.42. The van der Waals surface area contributed by atoms with E-state index in [4.69, 9.17) is 5.84 Å². The van der Waals surface area contributed by atoms with Crippen LogP contribution >= 0.6 is 0 Å². The van der Waals surface area contributed by atoms with Gasteiger partial charge < -0.3 is 15.6 Å². The van der Waals surface area contributed by atoms with E-state index in [1.807, 2.05) is 30.9 Å². The van der Waals surface area contributed by atoms with Crippen molar-refractivity contribution in [3.05, 3.63) is 18.3 Å². The number of nitrogen functional groups attached to an aromatic ring is 1. The molecule has 6 heteroatoms. The maximum absolute atomic E-state index is 11.8. The van der Waals surface area contributed by atoms with Gasteiger partial charge in [0.1, 0.15) is 11.4 Å². The molecule has 1 saturated heterocycles. The molecule has 0 saturated carbocycles. The summed E-state index contributed by atoms with van der Waals surface area (Å²) in [4.78, 5) is 18.0. The van der Waals surface area contributed by atoms with Crippen molar-refractivity contribution in [2.45, 2.75) is 19.4 Å². The van der Waals surface area contributed by atoms with Gasteiger partial charge in [-0.3, -0.25) is 4.79 Å². The number of aromatic nitrogens is 1. The molecule has 0 atom stereocenters. The first kappa shape index (κ1) is 11.7. The quantitative estimate of drug-likeness (QED) is 0.499. The van der Waals surface area contributed by atoms with Crippen molar-refractivity contribution in [2.75, 3.05) is 23.4 Å². The number of rotatable bonds is 2. The molecular formula is C11H17N5O. The molecule has 17 heavy (non-hydrogen) atoms. The van der Waals surface area contributed by atoms with E-state index in [1.54, 1.807) is 6.20 Å². The summed E-state index contributed by atoms with van der Waals surface area (Å²) in [6.07, 6.45) is 1.67. The van der Waals surface area contributed by atoms with Crippen molar-refractivity contribution in [1.82, 2.24) is 10.3 Å². The van der Waals surface area contributed by atoms with Crippen LogP contribution < -0.4 is 21.5 Å². The summed E-state index contributed by atoms with van der Waals surface area (Å²) in [5.74, 6) is 5.95. The van der Waals surface area contributed by atoms with E-state index in [2.05, 4.69) is 15.7 Å². The highest BCUT2D eigenvalue weighted by Crippen LogP contribution is 2.26. The van der Waals surface area contributed by atoms with Crippen molar-refractivity contribution >= 4 is 17.4 Å². The van der Waals surface area contributed by atoms with Crippen LogP contribution in [0.3, 0.4) is 0 Å². The largest absolute Gasteiger partial charge is 0.356 e. The average Bonchev–Trinajstić information content (AvgIpc) is 2.32. The van der Waals surface area contributed by atoms with E-state index in [0.29, 0.717) is 12.4 Å². The molecule has 0 unspecified atom stereocenters. The first-order valence-corrected chi connectivity index (χ1v) is 5.54. The molecule has 1 aliphatic rings. The first-order chi connectivity index (χ1) is 8.05. The van der Waals surface area contributed by atoms with Gasteiger partial charge in [0, 0.05) is 31.0 Å². The van der Waals surface area contributed by atoms with Crippen LogP contribution in [-0.4, -0.2) is 29.5 Å². The number of hydrazine groups is 1. The van der Waals surface area contributed by atoms with Crippen molar-refractivity contribution in [1.29, 1.82) is 0 Å². The summed E-state index contributed by atoms with van der Waals surface area (Å²) in [5, 5.41) is 2.86. The maximum Gasteiger partial charge on any atom is 0.245 e. The second kappa shape index (κ2) is 4.21. The average molecular weight is 235 g/mol. The number of nitrogens with one attached hydrogen (secondary N) is 2. The fourth-order valence-electron chi connectivity index (χ4n) is 2.02. The molecule has 92 valence electrons. The molecule has 1 aromatic rings. The molecule has 1 aromatic heterocycles. The highest BCUT2D eigenvalue weighted by Gasteiger charge is 2.37. The van der Waals surface area contributed by atoms with Gasteiger partial charge in [0.05, 0.1) is 0 Å². The lowest BCUT2D eigenvalue weighted by atomic mass is 9.98. The van der Waals surface area contributed by atoms with E-state index < -0.39 is 5.54 Å². The number of nitrogens with two attached hydrogens (primary N) is 1. The smallest absolute Gasteiger partial charge is 0.245 e. The van der Waals surface area contributed by atoms with Crippen molar-refractivity contribution < 1.29 is 4.79 Å². The molecule has 1 aliphatic heterocycles. The molecule has 6 nitrogen and oxygen atoms in total. The molecule has 0 radical (unpaired) electrons. The van der Waals surface area contributed by atoms with Gasteiger partial charge >= 0.3 is 0 Å². The molecule has 0 spiro atoms. The van der Waals surface area contributed by atoms with Crippen LogP contribution in [0, 0.1) is 0 Å². The third-order valence-corrected chi connectivity index (χ3v) is 3.05. The Hall–Kier alpha value is -1.82. The summed E-state index contributed by atoms with van der Waals surface area (Å²) >= 11 is 0. The summed E-state index contributed by atoms with van der Waals surface area (Å²) in [6.45, 7) is 5.22. The van der Waals surface area contributed by atoms with Gasteiger partial charge in [-0.15, -0.1) is 0 Å². The van der Waals surface area contributed by atoms with E-state index in [0.717, 1.165) is 12.2 Å². The zero-order valence-electron chi connectivity index (χ0n) is 10.0. The van der Waals surface area contributed by atoms with Crippen LogP contribution in [-0.2, 0) is 4.79 Å². The Balaban J connectivity index is 2.34. The fourth-order valence-corrected chi connectivity index (χ4v) is 2.02. The number of amides is 1. The molecule has 0 aliphatic carbocycles. The van der Waals surface area contributed by atoms with Crippen LogP contribution in [0.5, 0.6) is 0 Å². The van der Waals surface area contributed by atoms with E-state index in [9.17, 15) is 4.79 Å². The minimum Gasteiger partial charge on any atom is -0.356 e. The van der Waals surface area contributed by atoms with E-state index >= 15 is 0 Å². The van der Waals surface area contributed by atoms with Crippen molar-refractivity contribution in [3.8, 4) is 0 Å². The van der Waals surface area contributed by atoms with Crippen LogP contribution in [0.2, 0.25) is 0 Å². The maximum atomic E-state index is 11.8. The highest BCUT2D eigenvalue weighted by atomic mass is 16.2. The van der Waals surface area contributed by atoms with Crippen LogP contribution in [0.4, 0.5) is 11.5 Å². The minimum atomic E-state index is -0.564. The van der Waals surface area contributed by atoms with Crippen LogP contribution in [0.1, 0.15) is 13.8 Å². The van der Waals surface area contributed by atoms with Gasteiger partial charge in [0.15, 0.2) is 0 Å². The number of nitrogens with zero attached hydrogens (tertiary/aromatic N) is 2. The third-order valence-electron chi connectivity index (χ3n) is 3.05. The van der Waals surface area contributed by atoms with Crippen LogP contribution in [0.25, 0.3) is 0 Å². The Bertz CT molecular complexity index is 432. The summed E-state index contributed by atoms with van der Waals surface area (Å²) in [6, 6.07) is 3.71. The van der Waals surface area contributed by atoms with Crippen LogP contribution in [0.15, 0.2) is 18.3 Å². The number of carbonyl (C=O) groups excluding carboxylic acids is 1. The normalized spacial score (nSPS) is 18.8. The van der Waals surface area contributed by atoms with Gasteiger partial charge in [-0.1, -0.05) is 0 Å². The second-order valence-electron chi connectivity index (χ2n) is 4.51. The fraction of sp³-hybridized carbons (Fsp3) is 0.455. The van der Waals surface area contributed by atoms with Gasteiger partial charge in [0.25, 0.3) is 0 Å². The number of piperazine rings is 1. The third kappa shape index (κ3) is 2.03. The molecule has 2 heterocycles. The second-order valence-corrected chi connectivity index (χ2v) is 4.51. The SMILES string of the molecule is CC1(C)C(=O)NCCN1c1ccnc(NN)c1. The van der Waals surface area contributed by atoms with Crippen molar-refractivity contribution in [2.24, 2.45) is 5.84 Å².